The highest BCUT2D eigenvalue weighted by atomic mass is 32.2. The number of nitrogens with zero attached hydrogens (tertiary/aromatic N) is 1. The second-order valence-electron chi connectivity index (χ2n) is 22.1. The maximum atomic E-state index is 14.8. The Balaban J connectivity index is 0.993. The van der Waals surface area contributed by atoms with E-state index in [0.717, 1.165) is 43.1 Å². The van der Waals surface area contributed by atoms with Crippen molar-refractivity contribution < 1.29 is 23.5 Å². The minimum atomic E-state index is -1.10. The van der Waals surface area contributed by atoms with Crippen LogP contribution in [0.1, 0.15) is 131 Å². The molecule has 4 saturated carbocycles. The van der Waals surface area contributed by atoms with Gasteiger partial charge in [0.15, 0.2) is 0 Å². The van der Waals surface area contributed by atoms with Gasteiger partial charge in [-0.25, -0.2) is 4.39 Å². The van der Waals surface area contributed by atoms with Crippen LogP contribution < -0.4 is 5.32 Å². The fourth-order valence-corrected chi connectivity index (χ4v) is 16.9. The van der Waals surface area contributed by atoms with Gasteiger partial charge < -0.3 is 14.8 Å². The standard InChI is InChI=1S/C53H77FN2O4S/c1-9-59-46(57)42-34-61-32-31-56(42)30-29-55-53-26-19-39(36(2)3)45(53)41-15-16-44-49(6)22-20-40(48(4,5)43(49)21-23-51(44,8)50(41,7)27-28-53)38-17-24-52(35-54,25-18-38)47(58)60-33-37-13-11-10-12-14-37/h10-14,17,20,39,41-45,55H,2,9,15-16,18-19,21-35H2,1,3-8H3/t39-,41+,42?,43-,44+,45+,49-,50+,51+,52+,53-/m0/s1. The Morgan fingerprint density at radius 1 is 0.918 bits per heavy atom. The van der Waals surface area contributed by atoms with Gasteiger partial charge in [0.05, 0.1) is 12.0 Å². The maximum absolute atomic E-state index is 14.8. The highest BCUT2D eigenvalue weighted by Gasteiger charge is 2.70. The van der Waals surface area contributed by atoms with Gasteiger partial charge in [-0.15, -0.1) is 0 Å². The lowest BCUT2D eigenvalue weighted by molar-refractivity contribution is -0.221. The molecule has 1 aromatic carbocycles. The van der Waals surface area contributed by atoms with Crippen molar-refractivity contribution in [3.05, 3.63) is 71.3 Å². The van der Waals surface area contributed by atoms with E-state index in [1.54, 1.807) is 0 Å². The molecule has 0 spiro atoms. The number of thioether (sulfide) groups is 1. The molecule has 7 aliphatic rings. The smallest absolute Gasteiger partial charge is 0.324 e. The molecular formula is C53H77FN2O4S. The molecular weight excluding hydrogens is 780 g/mol. The Labute approximate surface area is 372 Å². The quantitative estimate of drug-likeness (QED) is 0.166. The van der Waals surface area contributed by atoms with Gasteiger partial charge in [-0.2, -0.15) is 11.8 Å². The summed E-state index contributed by atoms with van der Waals surface area (Å²) >= 11 is 1.87. The summed E-state index contributed by atoms with van der Waals surface area (Å²) in [7, 11) is 0. The van der Waals surface area contributed by atoms with E-state index in [0.29, 0.717) is 55.5 Å². The van der Waals surface area contributed by atoms with Gasteiger partial charge in [0, 0.05) is 36.7 Å². The first-order valence-electron chi connectivity index (χ1n) is 24.2. The largest absolute Gasteiger partial charge is 0.465 e. The lowest BCUT2D eigenvalue weighted by atomic mass is 9.33. The molecule has 61 heavy (non-hydrogen) atoms. The van der Waals surface area contributed by atoms with Gasteiger partial charge in [-0.05, 0) is 159 Å². The molecule has 1 N–H and O–H groups in total. The van der Waals surface area contributed by atoms with Crippen molar-refractivity contribution in [1.82, 2.24) is 10.2 Å². The van der Waals surface area contributed by atoms with Crippen LogP contribution in [0.5, 0.6) is 0 Å². The number of allylic oxidation sites excluding steroid dienone is 5. The highest BCUT2D eigenvalue weighted by Crippen LogP contribution is 2.76. The third-order valence-corrected chi connectivity index (χ3v) is 20.2. The van der Waals surface area contributed by atoms with Crippen LogP contribution in [0.2, 0.25) is 0 Å². The minimum Gasteiger partial charge on any atom is -0.465 e. The number of rotatable bonds is 12. The first kappa shape index (κ1) is 45.2. The zero-order chi connectivity index (χ0) is 43.4. The Hall–Kier alpha value is -2.42. The van der Waals surface area contributed by atoms with Gasteiger partial charge in [0.1, 0.15) is 19.3 Å². The number of benzene rings is 1. The number of carbonyl (C=O) groups excluding carboxylic acids is 2. The molecule has 0 amide bonds. The van der Waals surface area contributed by atoms with Crippen LogP contribution >= 0.6 is 11.8 Å². The van der Waals surface area contributed by atoms with Crippen LogP contribution in [0.4, 0.5) is 4.39 Å². The third-order valence-electron chi connectivity index (χ3n) is 19.2. The summed E-state index contributed by atoms with van der Waals surface area (Å²) in [4.78, 5) is 28.7. The first-order valence-corrected chi connectivity index (χ1v) is 25.3. The number of hydrogen-bond acceptors (Lipinski definition) is 7. The van der Waals surface area contributed by atoms with Gasteiger partial charge in [-0.1, -0.05) is 89.3 Å². The van der Waals surface area contributed by atoms with Crippen molar-refractivity contribution in [3.63, 3.8) is 0 Å². The summed E-state index contributed by atoms with van der Waals surface area (Å²) in [5.41, 5.74) is 4.79. The predicted octanol–water partition coefficient (Wildman–Crippen LogP) is 11.3. The van der Waals surface area contributed by atoms with Gasteiger partial charge in [-0.3, -0.25) is 14.5 Å². The van der Waals surface area contributed by atoms with E-state index in [1.165, 1.54) is 68.1 Å². The SMILES string of the molecule is C=C(C)[C@@H]1CC[C@]2(NCCN3CCSCC3C(=O)OCC)CC[C@]3(C)[C@H](CC[C@@H]4[C@@]5(C)CC=C(C6=CC[C@@](CF)(C(=O)OCc7ccccc7)CC6)C(C)(C)[C@@H]5CC[C@]43C)[C@@H]12. The van der Waals surface area contributed by atoms with Gasteiger partial charge >= 0.3 is 11.9 Å². The summed E-state index contributed by atoms with van der Waals surface area (Å²) in [5.74, 6) is 4.44. The normalized spacial score (nSPS) is 40.6. The number of ether oxygens (including phenoxy) is 2. The molecule has 1 unspecified atom stereocenters. The molecule has 1 saturated heterocycles. The lowest BCUT2D eigenvalue weighted by Crippen LogP contribution is -2.68. The Morgan fingerprint density at radius 3 is 2.41 bits per heavy atom. The van der Waals surface area contributed by atoms with E-state index in [9.17, 15) is 14.0 Å². The molecule has 336 valence electrons. The Morgan fingerprint density at radius 2 is 1.70 bits per heavy atom. The fourth-order valence-electron chi connectivity index (χ4n) is 15.8. The first-order chi connectivity index (χ1) is 29.1. The number of nitrogens with one attached hydrogen (secondary N) is 1. The van der Waals surface area contributed by atoms with E-state index in [-0.39, 0.29) is 45.8 Å². The average molecular weight is 857 g/mol. The molecule has 8 rings (SSSR count). The van der Waals surface area contributed by atoms with Crippen molar-refractivity contribution >= 4 is 23.7 Å². The Bertz CT molecular complexity index is 1880. The zero-order valence-electron chi connectivity index (χ0n) is 38.7. The number of fused-ring (bicyclic) bond motifs is 7. The molecule has 0 bridgehead atoms. The van der Waals surface area contributed by atoms with Crippen molar-refractivity contribution in [2.75, 3.05) is 44.4 Å². The van der Waals surface area contributed by atoms with Crippen molar-refractivity contribution in [3.8, 4) is 0 Å². The summed E-state index contributed by atoms with van der Waals surface area (Å²) < 4.78 is 26.0. The fraction of sp³-hybridized carbons (Fsp3) is 0.736. The molecule has 8 heteroatoms. The van der Waals surface area contributed by atoms with Crippen LogP contribution in [-0.4, -0.2) is 72.8 Å². The predicted molar refractivity (Wildman–Crippen MR) is 247 cm³/mol. The molecule has 0 radical (unpaired) electrons. The second-order valence-corrected chi connectivity index (χ2v) is 23.3. The Kier molecular flexibility index (Phi) is 12.7. The van der Waals surface area contributed by atoms with E-state index in [1.807, 2.05) is 49.0 Å². The number of hydrogen-bond donors (Lipinski definition) is 1. The molecule has 5 fully saturated rings. The molecule has 1 heterocycles. The van der Waals surface area contributed by atoms with Crippen molar-refractivity contribution in [2.45, 2.75) is 144 Å². The van der Waals surface area contributed by atoms with Crippen LogP contribution in [0.15, 0.2) is 65.8 Å². The van der Waals surface area contributed by atoms with E-state index in [4.69, 9.17) is 9.47 Å². The van der Waals surface area contributed by atoms with Crippen LogP contribution in [-0.2, 0) is 25.7 Å². The average Bonchev–Trinajstić information content (AvgIpc) is 3.64. The lowest BCUT2D eigenvalue weighted by Gasteiger charge is -2.72. The highest BCUT2D eigenvalue weighted by molar-refractivity contribution is 7.99. The van der Waals surface area contributed by atoms with E-state index >= 15 is 0 Å². The van der Waals surface area contributed by atoms with Crippen molar-refractivity contribution in [2.24, 2.45) is 56.7 Å². The molecule has 1 aromatic rings. The molecule has 0 aromatic heterocycles. The number of esters is 2. The molecule has 1 aliphatic heterocycles. The zero-order valence-corrected chi connectivity index (χ0v) is 39.5. The number of carbonyl (C=O) groups is 2. The number of halogens is 1. The topological polar surface area (TPSA) is 67.9 Å². The monoisotopic (exact) mass is 857 g/mol. The second kappa shape index (κ2) is 17.2. The van der Waals surface area contributed by atoms with Crippen molar-refractivity contribution in [1.29, 1.82) is 0 Å². The molecule has 6 nitrogen and oxygen atoms in total. The summed E-state index contributed by atoms with van der Waals surface area (Å²) in [6, 6.07) is 9.55. The van der Waals surface area contributed by atoms with E-state index in [2.05, 4.69) is 70.5 Å². The van der Waals surface area contributed by atoms with Crippen LogP contribution in [0, 0.1) is 56.7 Å². The molecule has 6 aliphatic carbocycles. The van der Waals surface area contributed by atoms with E-state index < -0.39 is 18.1 Å². The minimum absolute atomic E-state index is 0.0110. The maximum Gasteiger partial charge on any atom is 0.324 e. The van der Waals surface area contributed by atoms with Gasteiger partial charge in [0.25, 0.3) is 0 Å². The third kappa shape index (κ3) is 7.54. The molecule has 11 atom stereocenters. The number of alkyl halides is 1. The van der Waals surface area contributed by atoms with Gasteiger partial charge in [0.2, 0.25) is 0 Å². The summed E-state index contributed by atoms with van der Waals surface area (Å²) in [6.45, 7) is 24.6. The van der Waals surface area contributed by atoms with Crippen LogP contribution in [0.25, 0.3) is 0 Å². The summed E-state index contributed by atoms with van der Waals surface area (Å²) in [5, 5.41) is 4.28. The summed E-state index contributed by atoms with van der Waals surface area (Å²) in [6.07, 6.45) is 17.5. The van der Waals surface area contributed by atoms with Crippen LogP contribution in [0.3, 0.4) is 0 Å².